The van der Waals surface area contributed by atoms with Crippen LogP contribution in [0.4, 0.5) is 0 Å². The first-order valence-electron chi connectivity index (χ1n) is 9.58. The van der Waals surface area contributed by atoms with Gasteiger partial charge in [-0.15, -0.1) is 0 Å². The van der Waals surface area contributed by atoms with E-state index in [-0.39, 0.29) is 11.7 Å². The van der Waals surface area contributed by atoms with E-state index in [2.05, 4.69) is 5.32 Å². The van der Waals surface area contributed by atoms with Gasteiger partial charge in [0, 0.05) is 21.2 Å². The highest BCUT2D eigenvalue weighted by Crippen LogP contribution is 2.39. The largest absolute Gasteiger partial charge is 0.508 e. The van der Waals surface area contributed by atoms with Gasteiger partial charge in [0.1, 0.15) is 11.5 Å². The number of fused-ring (bicyclic) bond motifs is 1. The second-order valence-corrected chi connectivity index (χ2v) is 7.86. The fourth-order valence-corrected chi connectivity index (χ4v) is 4.10. The molecule has 31 heavy (non-hydrogen) atoms. The van der Waals surface area contributed by atoms with E-state index < -0.39 is 6.04 Å². The number of methoxy groups -OCH3 is 1. The van der Waals surface area contributed by atoms with Crippen molar-refractivity contribution in [3.63, 3.8) is 0 Å². The van der Waals surface area contributed by atoms with Crippen LogP contribution in [0, 0.1) is 0 Å². The summed E-state index contributed by atoms with van der Waals surface area (Å²) in [7, 11) is 1.57. The fourth-order valence-electron chi connectivity index (χ4n) is 3.59. The molecule has 0 aliphatic heterocycles. The molecule has 0 heterocycles. The van der Waals surface area contributed by atoms with Crippen LogP contribution in [-0.2, 0) is 0 Å². The lowest BCUT2D eigenvalue weighted by Crippen LogP contribution is -2.29. The summed E-state index contributed by atoms with van der Waals surface area (Å²) in [5.41, 5.74) is 1.64. The summed E-state index contributed by atoms with van der Waals surface area (Å²) < 4.78 is 5.16. The van der Waals surface area contributed by atoms with Crippen LogP contribution in [0.2, 0.25) is 10.0 Å². The maximum absolute atomic E-state index is 13.1. The molecule has 0 aliphatic carbocycles. The predicted molar refractivity (Wildman–Crippen MR) is 124 cm³/mol. The fraction of sp³-hybridized carbons (Fsp3) is 0.0800. The summed E-state index contributed by atoms with van der Waals surface area (Å²) in [4.78, 5) is 13.1. The summed E-state index contributed by atoms with van der Waals surface area (Å²) >= 11 is 12.6. The molecule has 0 radical (unpaired) electrons. The summed E-state index contributed by atoms with van der Waals surface area (Å²) in [6.45, 7) is 0. The zero-order chi connectivity index (χ0) is 22.0. The highest BCUT2D eigenvalue weighted by atomic mass is 35.5. The third kappa shape index (κ3) is 4.31. The van der Waals surface area contributed by atoms with Crippen molar-refractivity contribution >= 4 is 39.9 Å². The number of carbonyl (C=O) groups is 1. The van der Waals surface area contributed by atoms with Gasteiger partial charge in [-0.2, -0.15) is 0 Å². The molecule has 1 amide bonds. The number of hydrogen-bond acceptors (Lipinski definition) is 3. The second kappa shape index (κ2) is 8.88. The van der Waals surface area contributed by atoms with E-state index >= 15 is 0 Å². The Kier molecular flexibility index (Phi) is 6.03. The summed E-state index contributed by atoms with van der Waals surface area (Å²) in [6, 6.07) is 22.3. The Balaban J connectivity index is 1.85. The molecule has 4 aromatic rings. The van der Waals surface area contributed by atoms with Gasteiger partial charge >= 0.3 is 0 Å². The molecule has 4 rings (SSSR count). The number of nitrogens with one attached hydrogen (secondary N) is 1. The lowest BCUT2D eigenvalue weighted by atomic mass is 9.92. The van der Waals surface area contributed by atoms with Crippen LogP contribution in [0.5, 0.6) is 11.5 Å². The van der Waals surface area contributed by atoms with Crippen LogP contribution >= 0.6 is 23.2 Å². The monoisotopic (exact) mass is 451 g/mol. The van der Waals surface area contributed by atoms with Crippen molar-refractivity contribution in [2.75, 3.05) is 7.11 Å². The van der Waals surface area contributed by atoms with E-state index in [0.717, 1.165) is 10.8 Å². The first kappa shape index (κ1) is 21.0. The molecule has 0 fully saturated rings. The smallest absolute Gasteiger partial charge is 0.252 e. The maximum Gasteiger partial charge on any atom is 0.252 e. The Morgan fingerprint density at radius 3 is 2.42 bits per heavy atom. The molecule has 0 bridgehead atoms. The van der Waals surface area contributed by atoms with Crippen molar-refractivity contribution in [3.05, 3.63) is 106 Å². The van der Waals surface area contributed by atoms with Crippen molar-refractivity contribution in [2.45, 2.75) is 6.04 Å². The van der Waals surface area contributed by atoms with Crippen molar-refractivity contribution < 1.29 is 14.6 Å². The third-order valence-electron chi connectivity index (χ3n) is 5.14. The lowest BCUT2D eigenvalue weighted by Gasteiger charge is -2.24. The topological polar surface area (TPSA) is 58.6 Å². The van der Waals surface area contributed by atoms with Gasteiger partial charge in [-0.05, 0) is 58.8 Å². The number of phenolic OH excluding ortho intramolecular Hbond substituents is 1. The third-order valence-corrected chi connectivity index (χ3v) is 5.70. The molecule has 6 heteroatoms. The van der Waals surface area contributed by atoms with Crippen LogP contribution in [0.25, 0.3) is 10.8 Å². The Bertz CT molecular complexity index is 1260. The Hall–Kier alpha value is -3.21. The summed E-state index contributed by atoms with van der Waals surface area (Å²) in [5, 5.41) is 16.4. The Morgan fingerprint density at radius 2 is 1.71 bits per heavy atom. The minimum Gasteiger partial charge on any atom is -0.508 e. The Labute approximate surface area is 190 Å². The quantitative estimate of drug-likeness (QED) is 0.370. The average molecular weight is 452 g/mol. The second-order valence-electron chi connectivity index (χ2n) is 7.02. The van der Waals surface area contributed by atoms with Crippen LogP contribution in [0.15, 0.2) is 78.9 Å². The number of rotatable bonds is 5. The molecule has 4 aromatic carbocycles. The van der Waals surface area contributed by atoms with Crippen LogP contribution in [0.1, 0.15) is 27.5 Å². The first-order valence-corrected chi connectivity index (χ1v) is 10.3. The van der Waals surface area contributed by atoms with Gasteiger partial charge in [0.05, 0.1) is 13.2 Å². The van der Waals surface area contributed by atoms with Gasteiger partial charge in [-0.25, -0.2) is 0 Å². The van der Waals surface area contributed by atoms with Gasteiger partial charge < -0.3 is 15.2 Å². The van der Waals surface area contributed by atoms with Crippen molar-refractivity contribution in [1.29, 1.82) is 0 Å². The molecular formula is C25H19Cl2NO3. The van der Waals surface area contributed by atoms with E-state index in [1.165, 1.54) is 0 Å². The molecular weight excluding hydrogens is 433 g/mol. The van der Waals surface area contributed by atoms with Crippen LogP contribution in [0.3, 0.4) is 0 Å². The van der Waals surface area contributed by atoms with E-state index in [1.54, 1.807) is 55.6 Å². The normalized spacial score (nSPS) is 11.8. The average Bonchev–Trinajstić information content (AvgIpc) is 2.78. The van der Waals surface area contributed by atoms with Gasteiger partial charge in [0.15, 0.2) is 0 Å². The number of hydrogen-bond donors (Lipinski definition) is 2. The summed E-state index contributed by atoms with van der Waals surface area (Å²) in [6.07, 6.45) is 0. The summed E-state index contributed by atoms with van der Waals surface area (Å²) in [5.74, 6) is 0.399. The van der Waals surface area contributed by atoms with Crippen molar-refractivity contribution in [1.82, 2.24) is 5.32 Å². The van der Waals surface area contributed by atoms with E-state index in [1.807, 2.05) is 30.3 Å². The van der Waals surface area contributed by atoms with Gasteiger partial charge in [-0.1, -0.05) is 59.6 Å². The molecule has 1 atom stereocenters. The van der Waals surface area contributed by atoms with Gasteiger partial charge in [0.25, 0.3) is 5.91 Å². The number of halogens is 2. The molecule has 0 saturated heterocycles. The number of benzene rings is 4. The Morgan fingerprint density at radius 1 is 0.968 bits per heavy atom. The maximum atomic E-state index is 13.1. The van der Waals surface area contributed by atoms with E-state index in [4.69, 9.17) is 27.9 Å². The number of aromatic hydroxyl groups is 1. The number of carbonyl (C=O) groups excluding carboxylic acids is 1. The molecule has 0 aliphatic rings. The van der Waals surface area contributed by atoms with Gasteiger partial charge in [0.2, 0.25) is 0 Å². The molecule has 0 saturated carbocycles. The number of ether oxygens (including phenoxy) is 1. The highest BCUT2D eigenvalue weighted by molar-refractivity contribution is 6.35. The van der Waals surface area contributed by atoms with Gasteiger partial charge in [-0.3, -0.25) is 4.79 Å². The lowest BCUT2D eigenvalue weighted by molar-refractivity contribution is 0.0943. The molecule has 0 spiro atoms. The van der Waals surface area contributed by atoms with Crippen LogP contribution < -0.4 is 10.1 Å². The van der Waals surface area contributed by atoms with E-state index in [9.17, 15) is 9.90 Å². The zero-order valence-corrected chi connectivity index (χ0v) is 18.1. The molecule has 4 nitrogen and oxygen atoms in total. The molecule has 0 unspecified atom stereocenters. The molecule has 0 aromatic heterocycles. The minimum atomic E-state index is -0.703. The first-order chi connectivity index (χ1) is 15.0. The molecule has 2 N–H and O–H groups in total. The number of amides is 1. The highest BCUT2D eigenvalue weighted by Gasteiger charge is 2.25. The number of phenols is 1. The zero-order valence-electron chi connectivity index (χ0n) is 16.6. The van der Waals surface area contributed by atoms with Crippen molar-refractivity contribution in [3.8, 4) is 11.5 Å². The predicted octanol–water partition coefficient (Wildman–Crippen LogP) is 6.38. The van der Waals surface area contributed by atoms with Crippen LogP contribution in [-0.4, -0.2) is 18.1 Å². The van der Waals surface area contributed by atoms with Crippen molar-refractivity contribution in [2.24, 2.45) is 0 Å². The molecule has 156 valence electrons. The van der Waals surface area contributed by atoms with E-state index in [0.29, 0.717) is 32.5 Å². The minimum absolute atomic E-state index is 0.0600. The SMILES string of the molecule is COc1ccc(C(=O)N[C@H](c2ccc(Cl)cc2Cl)c2c(O)ccc3ccccc23)cc1. The standard InChI is InChI=1S/C25H19Cl2NO3/c1-31-18-10-6-16(7-11-18)25(30)28-24(20-12-9-17(26)14-21(20)27)23-19-5-3-2-4-15(19)8-13-22(23)29/h2-14,24,29H,1H3,(H,28,30)/t24-/m1/s1.